The molecule has 1 N–H and O–H groups in total. The first-order chi connectivity index (χ1) is 9.67. The maximum atomic E-state index is 11.7. The number of esters is 1. The maximum absolute atomic E-state index is 11.7. The predicted octanol–water partition coefficient (Wildman–Crippen LogP) is 2.21. The summed E-state index contributed by atoms with van der Waals surface area (Å²) < 4.78 is 9.72. The molecule has 0 aliphatic heterocycles. The fourth-order valence-corrected chi connectivity index (χ4v) is 2.01. The lowest BCUT2D eigenvalue weighted by Crippen LogP contribution is -2.42. The van der Waals surface area contributed by atoms with Crippen LogP contribution in [0.5, 0.6) is 0 Å². The normalized spacial score (nSPS) is 11.5. The topological polar surface area (TPSA) is 64.6 Å². The van der Waals surface area contributed by atoms with E-state index in [-0.39, 0.29) is 6.61 Å². The van der Waals surface area contributed by atoms with Gasteiger partial charge in [0.1, 0.15) is 12.6 Å². The molecule has 0 unspecified atom stereocenters. The van der Waals surface area contributed by atoms with E-state index in [1.165, 1.54) is 7.11 Å². The van der Waals surface area contributed by atoms with E-state index in [4.69, 9.17) is 4.74 Å². The van der Waals surface area contributed by atoms with Crippen LogP contribution in [0.1, 0.15) is 12.0 Å². The van der Waals surface area contributed by atoms with Gasteiger partial charge in [-0.3, -0.25) is 0 Å². The lowest BCUT2D eigenvalue weighted by atomic mass is 10.2. The van der Waals surface area contributed by atoms with E-state index >= 15 is 0 Å². The molecule has 1 amide bonds. The highest BCUT2D eigenvalue weighted by molar-refractivity contribution is 7.98. The Morgan fingerprint density at radius 1 is 1.30 bits per heavy atom. The summed E-state index contributed by atoms with van der Waals surface area (Å²) in [6.07, 6.45) is 1.82. The molecule has 0 fully saturated rings. The fraction of sp³-hybridized carbons (Fsp3) is 0.429. The van der Waals surface area contributed by atoms with Gasteiger partial charge < -0.3 is 14.8 Å². The van der Waals surface area contributed by atoms with Crippen LogP contribution >= 0.6 is 11.8 Å². The van der Waals surface area contributed by atoms with Crippen LogP contribution in [0, 0.1) is 0 Å². The molecule has 0 spiro atoms. The van der Waals surface area contributed by atoms with Gasteiger partial charge in [0.2, 0.25) is 0 Å². The number of methoxy groups -OCH3 is 1. The van der Waals surface area contributed by atoms with Gasteiger partial charge in [-0.2, -0.15) is 11.8 Å². The van der Waals surface area contributed by atoms with Crippen LogP contribution in [-0.2, 0) is 20.9 Å². The minimum atomic E-state index is -0.671. The van der Waals surface area contributed by atoms with Gasteiger partial charge in [-0.05, 0) is 24.0 Å². The third kappa shape index (κ3) is 5.97. The van der Waals surface area contributed by atoms with Gasteiger partial charge in [0.15, 0.2) is 0 Å². The molecule has 1 atom stereocenters. The van der Waals surface area contributed by atoms with Gasteiger partial charge in [-0.25, -0.2) is 9.59 Å². The standard InChI is InChI=1S/C14H19NO4S/c1-18-13(16)12(8-9-20-2)15-14(17)19-10-11-6-4-3-5-7-11/h3-7,12H,8-10H2,1-2H3,(H,15,17)/t12-/m0/s1. The second-order valence-electron chi connectivity index (χ2n) is 4.06. The second-order valence-corrected chi connectivity index (χ2v) is 5.05. The molecular formula is C14H19NO4S. The van der Waals surface area contributed by atoms with Crippen molar-refractivity contribution in [2.24, 2.45) is 0 Å². The molecule has 110 valence electrons. The molecule has 0 heterocycles. The number of hydrogen-bond donors (Lipinski definition) is 1. The first-order valence-electron chi connectivity index (χ1n) is 6.21. The van der Waals surface area contributed by atoms with E-state index in [2.05, 4.69) is 10.1 Å². The van der Waals surface area contributed by atoms with Crippen LogP contribution in [0.4, 0.5) is 4.79 Å². The van der Waals surface area contributed by atoms with Gasteiger partial charge >= 0.3 is 12.1 Å². The van der Waals surface area contributed by atoms with Gasteiger partial charge in [-0.15, -0.1) is 0 Å². The number of carbonyl (C=O) groups is 2. The number of carbonyl (C=O) groups excluding carboxylic acids is 2. The monoisotopic (exact) mass is 297 g/mol. The number of ether oxygens (including phenoxy) is 2. The fourth-order valence-electron chi connectivity index (χ4n) is 1.53. The molecule has 0 aromatic heterocycles. The molecular weight excluding hydrogens is 278 g/mol. The predicted molar refractivity (Wildman–Crippen MR) is 78.6 cm³/mol. The van der Waals surface area contributed by atoms with Crippen LogP contribution < -0.4 is 5.32 Å². The molecule has 0 saturated carbocycles. The van der Waals surface area contributed by atoms with Gasteiger partial charge in [0.05, 0.1) is 7.11 Å². The molecule has 0 bridgehead atoms. The summed E-state index contributed by atoms with van der Waals surface area (Å²) in [7, 11) is 1.30. The lowest BCUT2D eigenvalue weighted by molar-refractivity contribution is -0.143. The van der Waals surface area contributed by atoms with Crippen LogP contribution in [0.3, 0.4) is 0 Å². The highest BCUT2D eigenvalue weighted by Gasteiger charge is 2.21. The van der Waals surface area contributed by atoms with Crippen molar-refractivity contribution in [3.05, 3.63) is 35.9 Å². The lowest BCUT2D eigenvalue weighted by Gasteiger charge is -2.15. The Bertz CT molecular complexity index is 424. The second kappa shape index (κ2) is 9.25. The van der Waals surface area contributed by atoms with Crippen LogP contribution in [0.25, 0.3) is 0 Å². The number of thioether (sulfide) groups is 1. The number of amides is 1. The minimum Gasteiger partial charge on any atom is -0.467 e. The van der Waals surface area contributed by atoms with Crippen molar-refractivity contribution in [3.8, 4) is 0 Å². The van der Waals surface area contributed by atoms with E-state index in [9.17, 15) is 9.59 Å². The van der Waals surface area contributed by atoms with Crippen molar-refractivity contribution >= 4 is 23.8 Å². The Balaban J connectivity index is 2.43. The summed E-state index contributed by atoms with van der Waals surface area (Å²) in [4.78, 5) is 23.2. The van der Waals surface area contributed by atoms with Crippen molar-refractivity contribution in [3.63, 3.8) is 0 Å². The summed E-state index contributed by atoms with van der Waals surface area (Å²) >= 11 is 1.60. The number of alkyl carbamates (subject to hydrolysis) is 1. The highest BCUT2D eigenvalue weighted by Crippen LogP contribution is 2.04. The molecule has 0 aliphatic rings. The zero-order chi connectivity index (χ0) is 14.8. The largest absolute Gasteiger partial charge is 0.467 e. The maximum Gasteiger partial charge on any atom is 0.408 e. The SMILES string of the molecule is COC(=O)[C@H](CCSC)NC(=O)OCc1ccccc1. The molecule has 1 aromatic carbocycles. The summed E-state index contributed by atoms with van der Waals surface area (Å²) in [5.74, 6) is 0.286. The third-order valence-electron chi connectivity index (χ3n) is 2.60. The molecule has 0 saturated heterocycles. The highest BCUT2D eigenvalue weighted by atomic mass is 32.2. The Kier molecular flexibility index (Phi) is 7.57. The average Bonchev–Trinajstić information content (AvgIpc) is 2.49. The summed E-state index contributed by atoms with van der Waals surface area (Å²) in [5, 5.41) is 2.52. The first kappa shape index (κ1) is 16.4. The smallest absolute Gasteiger partial charge is 0.408 e. The Morgan fingerprint density at radius 2 is 2.00 bits per heavy atom. The zero-order valence-corrected chi connectivity index (χ0v) is 12.4. The van der Waals surface area contributed by atoms with E-state index in [0.717, 1.165) is 11.3 Å². The number of benzene rings is 1. The first-order valence-corrected chi connectivity index (χ1v) is 7.60. The van der Waals surface area contributed by atoms with Crippen molar-refractivity contribution in [2.75, 3.05) is 19.1 Å². The Labute approximate surface area is 123 Å². The molecule has 20 heavy (non-hydrogen) atoms. The minimum absolute atomic E-state index is 0.170. The number of hydrogen-bond acceptors (Lipinski definition) is 5. The molecule has 6 heteroatoms. The van der Waals surface area contributed by atoms with Crippen molar-refractivity contribution < 1.29 is 19.1 Å². The summed E-state index contributed by atoms with van der Waals surface area (Å²) in [6.45, 7) is 0.170. The van der Waals surface area contributed by atoms with Crippen LogP contribution in [0.2, 0.25) is 0 Å². The van der Waals surface area contributed by atoms with E-state index in [0.29, 0.717) is 6.42 Å². The van der Waals surface area contributed by atoms with Crippen molar-refractivity contribution in [1.82, 2.24) is 5.32 Å². The molecule has 1 rings (SSSR count). The van der Waals surface area contributed by atoms with Gasteiger partial charge in [-0.1, -0.05) is 30.3 Å². The van der Waals surface area contributed by atoms with Crippen molar-refractivity contribution in [2.45, 2.75) is 19.1 Å². The average molecular weight is 297 g/mol. The zero-order valence-electron chi connectivity index (χ0n) is 11.6. The molecule has 5 nitrogen and oxygen atoms in total. The van der Waals surface area contributed by atoms with E-state index in [1.807, 2.05) is 36.6 Å². The van der Waals surface area contributed by atoms with E-state index in [1.54, 1.807) is 11.8 Å². The Hall–Kier alpha value is -1.69. The number of nitrogens with one attached hydrogen (secondary N) is 1. The molecule has 0 radical (unpaired) electrons. The summed E-state index contributed by atoms with van der Waals surface area (Å²) in [5.41, 5.74) is 0.890. The van der Waals surface area contributed by atoms with E-state index < -0.39 is 18.1 Å². The summed E-state index contributed by atoms with van der Waals surface area (Å²) in [6, 6.07) is 8.67. The third-order valence-corrected chi connectivity index (χ3v) is 3.25. The van der Waals surface area contributed by atoms with Gasteiger partial charge in [0, 0.05) is 0 Å². The molecule has 0 aliphatic carbocycles. The number of rotatable bonds is 7. The van der Waals surface area contributed by atoms with Crippen molar-refractivity contribution in [1.29, 1.82) is 0 Å². The Morgan fingerprint density at radius 3 is 2.60 bits per heavy atom. The molecule has 1 aromatic rings. The van der Waals surface area contributed by atoms with Gasteiger partial charge in [0.25, 0.3) is 0 Å². The van der Waals surface area contributed by atoms with Crippen LogP contribution in [-0.4, -0.2) is 37.2 Å². The van der Waals surface area contributed by atoms with Crippen LogP contribution in [0.15, 0.2) is 30.3 Å². The quantitative estimate of drug-likeness (QED) is 0.782.